The second-order valence-corrected chi connectivity index (χ2v) is 4.34. The third kappa shape index (κ3) is 3.70. The molecule has 1 atom stereocenters. The first-order valence-electron chi connectivity index (χ1n) is 4.24. The van der Waals surface area contributed by atoms with Crippen molar-refractivity contribution in [2.45, 2.75) is 6.04 Å². The van der Waals surface area contributed by atoms with E-state index < -0.39 is 11.9 Å². The summed E-state index contributed by atoms with van der Waals surface area (Å²) in [7, 11) is 0. The fourth-order valence-electron chi connectivity index (χ4n) is 0.953. The monoisotopic (exact) mass is 291 g/mol. The number of hydrogen-bond donors (Lipinski definition) is 3. The van der Waals surface area contributed by atoms with Crippen molar-refractivity contribution >= 4 is 39.1 Å². The zero-order valence-electron chi connectivity index (χ0n) is 7.84. The van der Waals surface area contributed by atoms with Crippen molar-refractivity contribution in [3.05, 3.63) is 27.7 Å². The molecule has 0 bridgehead atoms. The van der Waals surface area contributed by atoms with E-state index in [2.05, 4.69) is 21.2 Å². The van der Waals surface area contributed by atoms with Crippen molar-refractivity contribution in [3.63, 3.8) is 0 Å². The van der Waals surface area contributed by atoms with Gasteiger partial charge in [-0.05, 0) is 18.2 Å². The number of halogens is 2. The summed E-state index contributed by atoms with van der Waals surface area (Å²) in [5.41, 5.74) is 11.2. The van der Waals surface area contributed by atoms with Gasteiger partial charge in [-0.15, -0.1) is 0 Å². The van der Waals surface area contributed by atoms with E-state index in [9.17, 15) is 4.79 Å². The van der Waals surface area contributed by atoms with E-state index in [1.807, 2.05) is 6.07 Å². The van der Waals surface area contributed by atoms with E-state index in [4.69, 9.17) is 23.1 Å². The molecular formula is C9H11BrClN3O. The molecule has 0 aliphatic heterocycles. The summed E-state index contributed by atoms with van der Waals surface area (Å²) in [4.78, 5) is 10.7. The number of nitrogens with two attached hydrogens (primary N) is 2. The summed E-state index contributed by atoms with van der Waals surface area (Å²) in [6, 6.07) is 4.66. The standard InChI is InChI=1S/C9H11BrClN3O/c10-5-1-2-8(6(11)3-5)14-4-7(12)9(13)15/h1-3,7,14H,4,12H2,(H2,13,15). The highest BCUT2D eigenvalue weighted by Gasteiger charge is 2.09. The number of amides is 1. The number of primary amides is 1. The molecule has 4 nitrogen and oxygen atoms in total. The molecule has 1 aromatic carbocycles. The summed E-state index contributed by atoms with van der Waals surface area (Å²) in [5.74, 6) is -0.546. The van der Waals surface area contributed by atoms with Gasteiger partial charge in [0.1, 0.15) is 6.04 Å². The van der Waals surface area contributed by atoms with Crippen LogP contribution in [0, 0.1) is 0 Å². The summed E-state index contributed by atoms with van der Waals surface area (Å²) in [6.07, 6.45) is 0. The van der Waals surface area contributed by atoms with Crippen molar-refractivity contribution in [1.29, 1.82) is 0 Å². The maximum atomic E-state index is 10.7. The Morgan fingerprint density at radius 2 is 2.27 bits per heavy atom. The Bertz CT molecular complexity index is 372. The molecule has 82 valence electrons. The van der Waals surface area contributed by atoms with E-state index in [0.717, 1.165) is 10.2 Å². The predicted molar refractivity (Wildman–Crippen MR) is 64.8 cm³/mol. The molecule has 0 saturated carbocycles. The fourth-order valence-corrected chi connectivity index (χ4v) is 1.69. The van der Waals surface area contributed by atoms with E-state index in [1.165, 1.54) is 0 Å². The molecule has 1 aromatic rings. The van der Waals surface area contributed by atoms with Crippen LogP contribution in [0.25, 0.3) is 0 Å². The second-order valence-electron chi connectivity index (χ2n) is 3.01. The SMILES string of the molecule is NC(=O)C(N)CNc1ccc(Br)cc1Cl. The highest BCUT2D eigenvalue weighted by Crippen LogP contribution is 2.25. The van der Waals surface area contributed by atoms with Gasteiger partial charge in [-0.2, -0.15) is 0 Å². The normalized spacial score (nSPS) is 12.2. The number of carbonyl (C=O) groups excluding carboxylic acids is 1. The topological polar surface area (TPSA) is 81.1 Å². The number of hydrogen-bond acceptors (Lipinski definition) is 3. The minimum absolute atomic E-state index is 0.261. The highest BCUT2D eigenvalue weighted by atomic mass is 79.9. The lowest BCUT2D eigenvalue weighted by molar-refractivity contribution is -0.118. The lowest BCUT2D eigenvalue weighted by Gasteiger charge is -2.11. The molecule has 15 heavy (non-hydrogen) atoms. The molecule has 1 rings (SSSR count). The van der Waals surface area contributed by atoms with Crippen LogP contribution in [0.1, 0.15) is 0 Å². The van der Waals surface area contributed by atoms with Crippen LogP contribution in [0.4, 0.5) is 5.69 Å². The number of benzene rings is 1. The Morgan fingerprint density at radius 1 is 1.60 bits per heavy atom. The fraction of sp³-hybridized carbons (Fsp3) is 0.222. The minimum Gasteiger partial charge on any atom is -0.382 e. The Labute approximate surface area is 101 Å². The van der Waals surface area contributed by atoms with Gasteiger partial charge >= 0.3 is 0 Å². The maximum Gasteiger partial charge on any atom is 0.236 e. The largest absolute Gasteiger partial charge is 0.382 e. The van der Waals surface area contributed by atoms with Crippen molar-refractivity contribution in [1.82, 2.24) is 0 Å². The van der Waals surface area contributed by atoms with E-state index in [1.54, 1.807) is 12.1 Å². The molecule has 0 spiro atoms. The summed E-state index contributed by atoms with van der Waals surface area (Å²) in [6.45, 7) is 0.261. The van der Waals surface area contributed by atoms with Crippen LogP contribution in [0.2, 0.25) is 5.02 Å². The van der Waals surface area contributed by atoms with Crippen LogP contribution in [-0.4, -0.2) is 18.5 Å². The van der Waals surface area contributed by atoms with E-state index in [0.29, 0.717) is 5.02 Å². The second kappa shape index (κ2) is 5.34. The smallest absolute Gasteiger partial charge is 0.236 e. The molecule has 0 fully saturated rings. The minimum atomic E-state index is -0.718. The van der Waals surface area contributed by atoms with Crippen molar-refractivity contribution in [2.24, 2.45) is 11.5 Å². The third-order valence-corrected chi connectivity index (χ3v) is 2.61. The summed E-state index contributed by atoms with van der Waals surface area (Å²) >= 11 is 9.23. The van der Waals surface area contributed by atoms with E-state index in [-0.39, 0.29) is 6.54 Å². The molecule has 5 N–H and O–H groups in total. The van der Waals surface area contributed by atoms with Gasteiger partial charge in [0.25, 0.3) is 0 Å². The van der Waals surface area contributed by atoms with Gasteiger partial charge in [0.2, 0.25) is 5.91 Å². The van der Waals surface area contributed by atoms with Gasteiger partial charge < -0.3 is 16.8 Å². The first-order chi connectivity index (χ1) is 7.00. The summed E-state index contributed by atoms with van der Waals surface area (Å²) in [5, 5.41) is 3.50. The van der Waals surface area contributed by atoms with Gasteiger partial charge in [-0.3, -0.25) is 4.79 Å². The number of carbonyl (C=O) groups is 1. The average molecular weight is 293 g/mol. The highest BCUT2D eigenvalue weighted by molar-refractivity contribution is 9.10. The number of nitrogens with one attached hydrogen (secondary N) is 1. The Morgan fingerprint density at radius 3 is 2.80 bits per heavy atom. The molecule has 0 heterocycles. The van der Waals surface area contributed by atoms with Crippen molar-refractivity contribution < 1.29 is 4.79 Å². The quantitative estimate of drug-likeness (QED) is 0.783. The predicted octanol–water partition coefficient (Wildman–Crippen LogP) is 1.33. The molecule has 1 amide bonds. The molecule has 0 aliphatic rings. The van der Waals surface area contributed by atoms with Gasteiger partial charge in [-0.1, -0.05) is 27.5 Å². The van der Waals surface area contributed by atoms with Crippen LogP contribution in [0.3, 0.4) is 0 Å². The van der Waals surface area contributed by atoms with Crippen LogP contribution >= 0.6 is 27.5 Å². The average Bonchev–Trinajstić information content (AvgIpc) is 2.15. The maximum absolute atomic E-state index is 10.7. The van der Waals surface area contributed by atoms with Crippen molar-refractivity contribution in [2.75, 3.05) is 11.9 Å². The first kappa shape index (κ1) is 12.3. The van der Waals surface area contributed by atoms with Crippen LogP contribution in [-0.2, 0) is 4.79 Å². The molecule has 6 heteroatoms. The summed E-state index contributed by atoms with van der Waals surface area (Å²) < 4.78 is 0.886. The molecule has 1 unspecified atom stereocenters. The van der Waals surface area contributed by atoms with Crippen LogP contribution in [0.5, 0.6) is 0 Å². The zero-order valence-corrected chi connectivity index (χ0v) is 10.2. The van der Waals surface area contributed by atoms with Crippen LogP contribution in [0.15, 0.2) is 22.7 Å². The first-order valence-corrected chi connectivity index (χ1v) is 5.41. The Hall–Kier alpha value is -0.780. The van der Waals surface area contributed by atoms with Crippen LogP contribution < -0.4 is 16.8 Å². The van der Waals surface area contributed by atoms with E-state index >= 15 is 0 Å². The Kier molecular flexibility index (Phi) is 4.38. The third-order valence-electron chi connectivity index (χ3n) is 1.81. The Balaban J connectivity index is 2.62. The van der Waals surface area contributed by atoms with Gasteiger partial charge in [-0.25, -0.2) is 0 Å². The molecule has 0 saturated heterocycles. The van der Waals surface area contributed by atoms with Gasteiger partial charge in [0.15, 0.2) is 0 Å². The van der Waals surface area contributed by atoms with Crippen molar-refractivity contribution in [3.8, 4) is 0 Å². The number of anilines is 1. The molecular weight excluding hydrogens is 281 g/mol. The number of rotatable bonds is 4. The van der Waals surface area contributed by atoms with Gasteiger partial charge in [0.05, 0.1) is 10.7 Å². The lowest BCUT2D eigenvalue weighted by atomic mass is 10.2. The molecule has 0 aliphatic carbocycles. The molecule has 0 radical (unpaired) electrons. The van der Waals surface area contributed by atoms with Gasteiger partial charge in [0, 0.05) is 11.0 Å². The molecule has 0 aromatic heterocycles. The lowest BCUT2D eigenvalue weighted by Crippen LogP contribution is -2.41. The zero-order chi connectivity index (χ0) is 11.4.